The van der Waals surface area contributed by atoms with E-state index in [4.69, 9.17) is 32.7 Å². The van der Waals surface area contributed by atoms with E-state index in [0.29, 0.717) is 16.3 Å². The monoisotopic (exact) mass is 542 g/mol. The van der Waals surface area contributed by atoms with Gasteiger partial charge in [-0.15, -0.1) is 0 Å². The molecule has 4 rings (SSSR count). The van der Waals surface area contributed by atoms with Crippen LogP contribution in [0, 0.1) is 0 Å². The molecule has 1 heterocycles. The fourth-order valence-electron chi connectivity index (χ4n) is 3.38. The minimum Gasteiger partial charge on any atom is -0.493 e. The van der Waals surface area contributed by atoms with Gasteiger partial charge in [-0.05, 0) is 65.4 Å². The van der Waals surface area contributed by atoms with E-state index in [1.54, 1.807) is 42.5 Å². The zero-order valence-electron chi connectivity index (χ0n) is 19.0. The molecule has 0 atom stereocenters. The van der Waals surface area contributed by atoms with Crippen molar-refractivity contribution in [3.05, 3.63) is 92.8 Å². The van der Waals surface area contributed by atoms with Gasteiger partial charge in [-0.3, -0.25) is 19.3 Å². The van der Waals surface area contributed by atoms with Gasteiger partial charge >= 0.3 is 0 Å². The number of benzene rings is 3. The molecule has 184 valence electrons. The molecule has 10 heteroatoms. The van der Waals surface area contributed by atoms with E-state index in [-0.39, 0.29) is 45.7 Å². The number of thioether (sulfide) groups is 1. The minimum atomic E-state index is -0.397. The lowest BCUT2D eigenvalue weighted by molar-refractivity contribution is -0.123. The summed E-state index contributed by atoms with van der Waals surface area (Å²) in [6.07, 6.45) is 1.57. The lowest BCUT2D eigenvalue weighted by atomic mass is 10.1. The maximum atomic E-state index is 12.9. The molecule has 0 spiro atoms. The van der Waals surface area contributed by atoms with Crippen molar-refractivity contribution in [2.75, 3.05) is 19.0 Å². The van der Waals surface area contributed by atoms with Crippen molar-refractivity contribution in [2.24, 2.45) is 0 Å². The van der Waals surface area contributed by atoms with Crippen molar-refractivity contribution in [3.63, 3.8) is 0 Å². The average Bonchev–Trinajstić information content (AvgIpc) is 3.12. The Morgan fingerprint density at radius 1 is 1.06 bits per heavy atom. The summed E-state index contributed by atoms with van der Waals surface area (Å²) in [6.45, 7) is -0.117. The molecule has 0 saturated carbocycles. The first-order chi connectivity index (χ1) is 17.3. The first kappa shape index (κ1) is 25.6. The Morgan fingerprint density at radius 3 is 2.47 bits per heavy atom. The number of methoxy groups -OCH3 is 1. The SMILES string of the molecule is COc1cc(/C=C2\SC(=O)N(Cc3ccccc3)C2=O)cc(Cl)c1OCC(=O)Nc1ccc(Cl)cc1. The topological polar surface area (TPSA) is 84.9 Å². The van der Waals surface area contributed by atoms with Crippen LogP contribution in [0.4, 0.5) is 10.5 Å². The number of carbonyl (C=O) groups excluding carboxylic acids is 3. The van der Waals surface area contributed by atoms with Gasteiger partial charge in [0.2, 0.25) is 0 Å². The predicted octanol–water partition coefficient (Wildman–Crippen LogP) is 6.26. The number of amides is 3. The van der Waals surface area contributed by atoms with E-state index in [2.05, 4.69) is 5.32 Å². The third kappa shape index (κ3) is 6.20. The third-order valence-corrected chi connectivity index (χ3v) is 6.52. The first-order valence-corrected chi connectivity index (χ1v) is 12.3. The first-order valence-electron chi connectivity index (χ1n) is 10.7. The Bertz CT molecular complexity index is 1330. The third-order valence-electron chi connectivity index (χ3n) is 5.08. The standard InChI is InChI=1S/C26H20Cl2N2O5S/c1-34-21-12-17(13-22-25(32)30(26(33)36-22)14-16-5-3-2-4-6-16)11-20(28)24(21)35-15-23(31)29-19-9-7-18(27)8-10-19/h2-13H,14-15H2,1H3,(H,29,31)/b22-13-. The van der Waals surface area contributed by atoms with Gasteiger partial charge < -0.3 is 14.8 Å². The smallest absolute Gasteiger partial charge is 0.293 e. The van der Waals surface area contributed by atoms with Crippen LogP contribution in [0.25, 0.3) is 6.08 Å². The van der Waals surface area contributed by atoms with Crippen molar-refractivity contribution in [2.45, 2.75) is 6.54 Å². The Kier molecular flexibility index (Phi) is 8.20. The molecule has 1 saturated heterocycles. The van der Waals surface area contributed by atoms with Crippen molar-refractivity contribution < 1.29 is 23.9 Å². The summed E-state index contributed by atoms with van der Waals surface area (Å²) >= 11 is 13.1. The fraction of sp³-hybridized carbons (Fsp3) is 0.115. The Morgan fingerprint density at radius 2 is 1.78 bits per heavy atom. The summed E-state index contributed by atoms with van der Waals surface area (Å²) < 4.78 is 11.0. The van der Waals surface area contributed by atoms with E-state index in [1.165, 1.54) is 12.0 Å². The van der Waals surface area contributed by atoms with Crippen molar-refractivity contribution in [1.82, 2.24) is 4.90 Å². The number of rotatable bonds is 8. The number of anilines is 1. The molecule has 0 radical (unpaired) electrons. The van der Waals surface area contributed by atoms with Gasteiger partial charge in [-0.2, -0.15) is 0 Å². The number of hydrogen-bond acceptors (Lipinski definition) is 6. The number of nitrogens with zero attached hydrogens (tertiary/aromatic N) is 1. The van der Waals surface area contributed by atoms with Crippen molar-refractivity contribution in [3.8, 4) is 11.5 Å². The Balaban J connectivity index is 1.46. The number of halogens is 2. The van der Waals surface area contributed by atoms with Crippen molar-refractivity contribution >= 4 is 63.8 Å². The highest BCUT2D eigenvalue weighted by Gasteiger charge is 2.35. The number of imide groups is 1. The second-order valence-electron chi connectivity index (χ2n) is 7.63. The quantitative estimate of drug-likeness (QED) is 0.338. The molecular weight excluding hydrogens is 523 g/mol. The van der Waals surface area contributed by atoms with Crippen LogP contribution < -0.4 is 14.8 Å². The number of carbonyl (C=O) groups is 3. The summed E-state index contributed by atoms with van der Waals surface area (Å²) in [5.74, 6) is -0.328. The maximum Gasteiger partial charge on any atom is 0.293 e. The molecule has 0 aromatic heterocycles. The van der Waals surface area contributed by atoms with Crippen LogP contribution in [-0.4, -0.2) is 35.7 Å². The van der Waals surface area contributed by atoms with Crippen molar-refractivity contribution in [1.29, 1.82) is 0 Å². The summed E-state index contributed by atoms with van der Waals surface area (Å²) in [7, 11) is 1.43. The lowest BCUT2D eigenvalue weighted by Gasteiger charge is -2.14. The van der Waals surface area contributed by atoms with Crippen LogP contribution in [0.15, 0.2) is 71.6 Å². The molecule has 3 aromatic rings. The molecule has 1 aliphatic rings. The van der Waals surface area contributed by atoms with Crippen LogP contribution in [0.5, 0.6) is 11.5 Å². The average molecular weight is 543 g/mol. The van der Waals surface area contributed by atoms with Crippen LogP contribution in [0.3, 0.4) is 0 Å². The predicted molar refractivity (Wildman–Crippen MR) is 142 cm³/mol. The Hall–Kier alpha value is -3.46. The highest BCUT2D eigenvalue weighted by Crippen LogP contribution is 2.39. The molecule has 0 unspecified atom stereocenters. The van der Waals surface area contributed by atoms with Gasteiger partial charge in [0.15, 0.2) is 18.1 Å². The molecule has 0 bridgehead atoms. The molecule has 3 amide bonds. The van der Waals surface area contributed by atoms with Gasteiger partial charge in [0.25, 0.3) is 17.1 Å². The summed E-state index contributed by atoms with van der Waals surface area (Å²) in [5.41, 5.74) is 1.97. The van der Waals surface area contributed by atoms with E-state index >= 15 is 0 Å². The largest absolute Gasteiger partial charge is 0.493 e. The summed E-state index contributed by atoms with van der Waals surface area (Å²) in [5, 5.41) is 3.09. The molecule has 1 fully saturated rings. The van der Waals surface area contributed by atoms with Gasteiger partial charge in [0.05, 0.1) is 23.6 Å². The van der Waals surface area contributed by atoms with Crippen LogP contribution >= 0.6 is 35.0 Å². The second-order valence-corrected chi connectivity index (χ2v) is 9.47. The summed E-state index contributed by atoms with van der Waals surface area (Å²) in [6, 6.07) is 19.1. The van der Waals surface area contributed by atoms with Gasteiger partial charge in [-0.25, -0.2) is 0 Å². The maximum absolute atomic E-state index is 12.9. The van der Waals surface area contributed by atoms with Crippen LogP contribution in [0.1, 0.15) is 11.1 Å². The number of nitrogens with one attached hydrogen (secondary N) is 1. The normalized spacial score (nSPS) is 14.3. The highest BCUT2D eigenvalue weighted by atomic mass is 35.5. The van der Waals surface area contributed by atoms with Gasteiger partial charge in [0, 0.05) is 10.7 Å². The van der Waals surface area contributed by atoms with Gasteiger partial charge in [-0.1, -0.05) is 53.5 Å². The number of hydrogen-bond donors (Lipinski definition) is 1. The molecule has 36 heavy (non-hydrogen) atoms. The second kappa shape index (κ2) is 11.5. The Labute approximate surface area is 222 Å². The molecule has 1 N–H and O–H groups in total. The van der Waals surface area contributed by atoms with Crippen LogP contribution in [0.2, 0.25) is 10.0 Å². The lowest BCUT2D eigenvalue weighted by Crippen LogP contribution is -2.27. The molecule has 7 nitrogen and oxygen atoms in total. The molecule has 1 aliphatic heterocycles. The van der Waals surface area contributed by atoms with Gasteiger partial charge in [0.1, 0.15) is 0 Å². The highest BCUT2D eigenvalue weighted by molar-refractivity contribution is 8.18. The zero-order chi connectivity index (χ0) is 25.7. The van der Waals surface area contributed by atoms with E-state index in [0.717, 1.165) is 17.3 Å². The zero-order valence-corrected chi connectivity index (χ0v) is 21.3. The van der Waals surface area contributed by atoms with E-state index in [1.807, 2.05) is 30.3 Å². The molecule has 0 aliphatic carbocycles. The van der Waals surface area contributed by atoms with E-state index < -0.39 is 5.91 Å². The molecular formula is C26H20Cl2N2O5S. The fourth-order valence-corrected chi connectivity index (χ4v) is 4.62. The van der Waals surface area contributed by atoms with E-state index in [9.17, 15) is 14.4 Å². The van der Waals surface area contributed by atoms with Crippen LogP contribution in [-0.2, 0) is 16.1 Å². The number of ether oxygens (including phenoxy) is 2. The molecule has 3 aromatic carbocycles. The summed E-state index contributed by atoms with van der Waals surface area (Å²) in [4.78, 5) is 39.0. The minimum absolute atomic E-state index is 0.180.